The zero-order valence-electron chi connectivity index (χ0n) is 9.49. The second-order valence-electron chi connectivity index (χ2n) is 3.98. The number of carbonyl (C=O) groups excluding carboxylic acids is 1. The van der Waals surface area contributed by atoms with E-state index in [9.17, 15) is 4.79 Å². The molecule has 0 aliphatic carbocycles. The van der Waals surface area contributed by atoms with Crippen molar-refractivity contribution in [3.05, 3.63) is 0 Å². The lowest BCUT2D eigenvalue weighted by Crippen LogP contribution is -2.40. The summed E-state index contributed by atoms with van der Waals surface area (Å²) in [7, 11) is 0. The summed E-state index contributed by atoms with van der Waals surface area (Å²) in [5.74, 6) is 0.416. The molecule has 0 aromatic carbocycles. The standard InChI is InChI=1S/C10H21NO3/c1-8(2)7-11(9(3)4)10(13)14-6-5-12/h8-9,12H,5-7H2,1-4H3. The molecule has 0 saturated heterocycles. The predicted molar refractivity (Wildman–Crippen MR) is 55.1 cm³/mol. The van der Waals surface area contributed by atoms with Crippen LogP contribution in [0, 0.1) is 5.92 Å². The SMILES string of the molecule is CC(C)CN(C(=O)OCCO)C(C)C. The van der Waals surface area contributed by atoms with Crippen molar-refractivity contribution in [2.75, 3.05) is 19.8 Å². The summed E-state index contributed by atoms with van der Waals surface area (Å²) in [6, 6.07) is 0.128. The Hall–Kier alpha value is -0.770. The zero-order valence-corrected chi connectivity index (χ0v) is 9.49. The van der Waals surface area contributed by atoms with Crippen LogP contribution in [0.15, 0.2) is 0 Å². The van der Waals surface area contributed by atoms with E-state index in [1.807, 2.05) is 13.8 Å². The molecular formula is C10H21NO3. The van der Waals surface area contributed by atoms with Crippen LogP contribution in [0.1, 0.15) is 27.7 Å². The summed E-state index contributed by atoms with van der Waals surface area (Å²) in [5, 5.41) is 8.52. The highest BCUT2D eigenvalue weighted by atomic mass is 16.6. The van der Waals surface area contributed by atoms with Crippen LogP contribution in [0.5, 0.6) is 0 Å². The van der Waals surface area contributed by atoms with Gasteiger partial charge < -0.3 is 14.7 Å². The molecule has 0 aromatic rings. The minimum Gasteiger partial charge on any atom is -0.447 e. The molecule has 14 heavy (non-hydrogen) atoms. The first-order valence-corrected chi connectivity index (χ1v) is 5.03. The fraction of sp³-hybridized carbons (Fsp3) is 0.900. The molecule has 0 aliphatic rings. The molecule has 0 atom stereocenters. The average molecular weight is 203 g/mol. The van der Waals surface area contributed by atoms with E-state index in [0.717, 1.165) is 0 Å². The number of aliphatic hydroxyl groups is 1. The van der Waals surface area contributed by atoms with E-state index >= 15 is 0 Å². The van der Waals surface area contributed by atoms with E-state index in [-0.39, 0.29) is 25.3 Å². The van der Waals surface area contributed by atoms with Gasteiger partial charge in [0.15, 0.2) is 0 Å². The van der Waals surface area contributed by atoms with E-state index in [0.29, 0.717) is 12.5 Å². The molecule has 0 aromatic heterocycles. The third-order valence-electron chi connectivity index (χ3n) is 1.74. The highest BCUT2D eigenvalue weighted by Crippen LogP contribution is 2.06. The van der Waals surface area contributed by atoms with Crippen molar-refractivity contribution in [2.45, 2.75) is 33.7 Å². The van der Waals surface area contributed by atoms with Gasteiger partial charge in [-0.1, -0.05) is 13.8 Å². The molecule has 0 rings (SSSR count). The van der Waals surface area contributed by atoms with Gasteiger partial charge in [-0.05, 0) is 19.8 Å². The van der Waals surface area contributed by atoms with Gasteiger partial charge in [-0.3, -0.25) is 0 Å². The highest BCUT2D eigenvalue weighted by molar-refractivity contribution is 5.67. The van der Waals surface area contributed by atoms with Crippen LogP contribution in [0.4, 0.5) is 4.79 Å². The van der Waals surface area contributed by atoms with E-state index in [1.54, 1.807) is 4.90 Å². The van der Waals surface area contributed by atoms with Gasteiger partial charge in [0.05, 0.1) is 6.61 Å². The minimum atomic E-state index is -0.345. The molecule has 0 heterocycles. The number of nitrogens with zero attached hydrogens (tertiary/aromatic N) is 1. The van der Waals surface area contributed by atoms with Crippen LogP contribution < -0.4 is 0 Å². The Labute approximate surface area is 85.9 Å². The normalized spacial score (nSPS) is 10.8. The molecule has 0 spiro atoms. The van der Waals surface area contributed by atoms with Crippen molar-refractivity contribution in [3.8, 4) is 0 Å². The third-order valence-corrected chi connectivity index (χ3v) is 1.74. The number of hydrogen-bond acceptors (Lipinski definition) is 3. The minimum absolute atomic E-state index is 0.0696. The molecule has 84 valence electrons. The first-order chi connectivity index (χ1) is 6.49. The van der Waals surface area contributed by atoms with Crippen molar-refractivity contribution in [2.24, 2.45) is 5.92 Å². The second-order valence-corrected chi connectivity index (χ2v) is 3.98. The first-order valence-electron chi connectivity index (χ1n) is 5.03. The number of ether oxygens (including phenoxy) is 1. The molecule has 0 unspecified atom stereocenters. The summed E-state index contributed by atoms with van der Waals surface area (Å²) >= 11 is 0. The monoisotopic (exact) mass is 203 g/mol. The molecule has 0 aliphatic heterocycles. The molecule has 0 fully saturated rings. The lowest BCUT2D eigenvalue weighted by molar-refractivity contribution is 0.0716. The highest BCUT2D eigenvalue weighted by Gasteiger charge is 2.18. The van der Waals surface area contributed by atoms with Crippen molar-refractivity contribution in [3.63, 3.8) is 0 Å². The van der Waals surface area contributed by atoms with Gasteiger partial charge in [-0.2, -0.15) is 0 Å². The van der Waals surface area contributed by atoms with Gasteiger partial charge in [0.2, 0.25) is 0 Å². The van der Waals surface area contributed by atoms with Gasteiger partial charge >= 0.3 is 6.09 Å². The van der Waals surface area contributed by atoms with Gasteiger partial charge in [0.1, 0.15) is 6.61 Å². The lowest BCUT2D eigenvalue weighted by Gasteiger charge is -2.27. The maximum atomic E-state index is 11.5. The summed E-state index contributed by atoms with van der Waals surface area (Å²) in [6.45, 7) is 8.62. The Bertz CT molecular complexity index is 169. The Morgan fingerprint density at radius 3 is 2.29 bits per heavy atom. The van der Waals surface area contributed by atoms with Crippen molar-refractivity contribution in [1.29, 1.82) is 0 Å². The maximum absolute atomic E-state index is 11.5. The molecular weight excluding hydrogens is 182 g/mol. The summed E-state index contributed by atoms with van der Waals surface area (Å²) < 4.78 is 4.85. The quantitative estimate of drug-likeness (QED) is 0.736. The lowest BCUT2D eigenvalue weighted by atomic mass is 10.2. The van der Waals surface area contributed by atoms with E-state index in [2.05, 4.69) is 13.8 Å². The fourth-order valence-corrected chi connectivity index (χ4v) is 1.11. The maximum Gasteiger partial charge on any atom is 0.410 e. The average Bonchev–Trinajstić information content (AvgIpc) is 2.09. The molecule has 0 bridgehead atoms. The number of amides is 1. The number of rotatable bonds is 5. The van der Waals surface area contributed by atoms with Crippen molar-refractivity contribution in [1.82, 2.24) is 4.90 Å². The Morgan fingerprint density at radius 2 is 1.93 bits per heavy atom. The van der Waals surface area contributed by atoms with Crippen LogP contribution in [-0.4, -0.2) is 41.9 Å². The van der Waals surface area contributed by atoms with Crippen molar-refractivity contribution >= 4 is 6.09 Å². The van der Waals surface area contributed by atoms with Crippen LogP contribution in [0.2, 0.25) is 0 Å². The van der Waals surface area contributed by atoms with Crippen LogP contribution >= 0.6 is 0 Å². The number of carbonyl (C=O) groups is 1. The molecule has 4 heteroatoms. The molecule has 1 amide bonds. The van der Waals surface area contributed by atoms with Gasteiger partial charge in [-0.25, -0.2) is 4.79 Å². The van der Waals surface area contributed by atoms with E-state index < -0.39 is 0 Å². The van der Waals surface area contributed by atoms with Gasteiger partial charge in [0.25, 0.3) is 0 Å². The predicted octanol–water partition coefficient (Wildman–Crippen LogP) is 1.48. The third kappa shape index (κ3) is 5.07. The van der Waals surface area contributed by atoms with Crippen molar-refractivity contribution < 1.29 is 14.6 Å². The van der Waals surface area contributed by atoms with E-state index in [1.165, 1.54) is 0 Å². The van der Waals surface area contributed by atoms with E-state index in [4.69, 9.17) is 9.84 Å². The zero-order chi connectivity index (χ0) is 11.1. The molecule has 0 saturated carbocycles. The van der Waals surface area contributed by atoms with Crippen LogP contribution in [0.3, 0.4) is 0 Å². The topological polar surface area (TPSA) is 49.8 Å². The first kappa shape index (κ1) is 13.2. The second kappa shape index (κ2) is 6.65. The Kier molecular flexibility index (Phi) is 6.28. The fourth-order valence-electron chi connectivity index (χ4n) is 1.11. The summed E-state index contributed by atoms with van der Waals surface area (Å²) in [4.78, 5) is 13.1. The Balaban J connectivity index is 4.12. The summed E-state index contributed by atoms with van der Waals surface area (Å²) in [6.07, 6.45) is -0.345. The number of hydrogen-bond donors (Lipinski definition) is 1. The van der Waals surface area contributed by atoms with Crippen LogP contribution in [0.25, 0.3) is 0 Å². The van der Waals surface area contributed by atoms with Crippen LogP contribution in [-0.2, 0) is 4.74 Å². The molecule has 4 nitrogen and oxygen atoms in total. The van der Waals surface area contributed by atoms with Gasteiger partial charge in [0, 0.05) is 12.6 Å². The Morgan fingerprint density at radius 1 is 1.36 bits per heavy atom. The smallest absolute Gasteiger partial charge is 0.410 e. The largest absolute Gasteiger partial charge is 0.447 e. The van der Waals surface area contributed by atoms with Gasteiger partial charge in [-0.15, -0.1) is 0 Å². The molecule has 0 radical (unpaired) electrons. The molecule has 1 N–H and O–H groups in total. The summed E-state index contributed by atoms with van der Waals surface area (Å²) in [5.41, 5.74) is 0. The number of aliphatic hydroxyl groups excluding tert-OH is 1.